The molecule has 1 fully saturated rings. The van der Waals surface area contributed by atoms with E-state index in [0.29, 0.717) is 18.9 Å². The van der Waals surface area contributed by atoms with Crippen LogP contribution in [0.5, 0.6) is 0 Å². The molecule has 1 rings (SSSR count). The largest absolute Gasteiger partial charge is 0.469 e. The first kappa shape index (κ1) is 15.4. The highest BCUT2D eigenvalue weighted by Crippen LogP contribution is 2.33. The third kappa shape index (κ3) is 3.95. The molecule has 0 saturated heterocycles. The number of esters is 1. The molecule has 1 aliphatic rings. The Hall–Kier alpha value is -0.620. The van der Waals surface area contributed by atoms with Gasteiger partial charge in [-0.1, -0.05) is 13.3 Å². The normalized spacial score (nSPS) is 28.9. The van der Waals surface area contributed by atoms with E-state index in [1.54, 1.807) is 0 Å². The second kappa shape index (κ2) is 6.52. The summed E-state index contributed by atoms with van der Waals surface area (Å²) in [6.45, 7) is 2.46. The van der Waals surface area contributed by atoms with Crippen molar-refractivity contribution in [2.45, 2.75) is 37.9 Å². The number of carbonyl (C=O) groups is 1. The minimum absolute atomic E-state index is 0.0313. The minimum Gasteiger partial charge on any atom is -0.469 e. The lowest BCUT2D eigenvalue weighted by Crippen LogP contribution is -2.40. The SMILES string of the molecule is COC(=O)CCS(=O)(=O)C1CC(C)CCC1CN. The van der Waals surface area contributed by atoms with Crippen molar-refractivity contribution >= 4 is 15.8 Å². The molecule has 106 valence electrons. The van der Waals surface area contributed by atoms with Crippen LogP contribution in [0, 0.1) is 11.8 Å². The number of hydrogen-bond donors (Lipinski definition) is 1. The first-order chi connectivity index (χ1) is 8.40. The van der Waals surface area contributed by atoms with Gasteiger partial charge < -0.3 is 10.5 Å². The van der Waals surface area contributed by atoms with Gasteiger partial charge in [0.2, 0.25) is 0 Å². The summed E-state index contributed by atoms with van der Waals surface area (Å²) in [7, 11) is -2.00. The van der Waals surface area contributed by atoms with Crippen LogP contribution in [-0.2, 0) is 19.4 Å². The van der Waals surface area contributed by atoms with Gasteiger partial charge in [0.15, 0.2) is 9.84 Å². The van der Waals surface area contributed by atoms with E-state index in [1.807, 2.05) is 0 Å². The zero-order valence-corrected chi connectivity index (χ0v) is 11.9. The molecule has 0 aromatic carbocycles. The maximum absolute atomic E-state index is 12.3. The molecular weight excluding hydrogens is 254 g/mol. The van der Waals surface area contributed by atoms with E-state index in [1.165, 1.54) is 7.11 Å². The number of sulfone groups is 1. The van der Waals surface area contributed by atoms with Gasteiger partial charge in [-0.2, -0.15) is 0 Å². The summed E-state index contributed by atoms with van der Waals surface area (Å²) in [6.07, 6.45) is 2.48. The van der Waals surface area contributed by atoms with Gasteiger partial charge in [-0.25, -0.2) is 8.42 Å². The van der Waals surface area contributed by atoms with Gasteiger partial charge in [0, 0.05) is 0 Å². The van der Waals surface area contributed by atoms with E-state index < -0.39 is 21.1 Å². The lowest BCUT2D eigenvalue weighted by Gasteiger charge is -2.33. The van der Waals surface area contributed by atoms with E-state index in [0.717, 1.165) is 12.8 Å². The van der Waals surface area contributed by atoms with Crippen LogP contribution in [-0.4, -0.2) is 39.0 Å². The third-order valence-corrected chi connectivity index (χ3v) is 6.05. The average Bonchev–Trinajstić information content (AvgIpc) is 2.36. The summed E-state index contributed by atoms with van der Waals surface area (Å²) in [5.74, 6) is -0.172. The monoisotopic (exact) mass is 277 g/mol. The maximum atomic E-state index is 12.3. The third-order valence-electron chi connectivity index (χ3n) is 3.77. The van der Waals surface area contributed by atoms with Gasteiger partial charge in [-0.15, -0.1) is 0 Å². The summed E-state index contributed by atoms with van der Waals surface area (Å²) < 4.78 is 29.0. The predicted molar refractivity (Wildman–Crippen MR) is 69.8 cm³/mol. The molecule has 0 spiro atoms. The highest BCUT2D eigenvalue weighted by molar-refractivity contribution is 7.92. The van der Waals surface area contributed by atoms with Crippen molar-refractivity contribution in [2.24, 2.45) is 17.6 Å². The molecule has 1 saturated carbocycles. The summed E-state index contributed by atoms with van der Waals surface area (Å²) >= 11 is 0. The molecule has 5 nitrogen and oxygen atoms in total. The molecule has 2 N–H and O–H groups in total. The van der Waals surface area contributed by atoms with Crippen molar-refractivity contribution in [2.75, 3.05) is 19.4 Å². The van der Waals surface area contributed by atoms with Crippen molar-refractivity contribution in [3.05, 3.63) is 0 Å². The van der Waals surface area contributed by atoms with E-state index in [4.69, 9.17) is 5.73 Å². The van der Waals surface area contributed by atoms with Gasteiger partial charge in [0.05, 0.1) is 24.5 Å². The molecule has 3 unspecified atom stereocenters. The Balaban J connectivity index is 2.71. The first-order valence-electron chi connectivity index (χ1n) is 6.39. The lowest BCUT2D eigenvalue weighted by molar-refractivity contribution is -0.140. The van der Waals surface area contributed by atoms with E-state index in [-0.39, 0.29) is 18.1 Å². The Labute approximate surface area is 109 Å². The molecule has 0 amide bonds. The van der Waals surface area contributed by atoms with Crippen molar-refractivity contribution in [3.63, 3.8) is 0 Å². The maximum Gasteiger partial charge on any atom is 0.306 e. The molecule has 6 heteroatoms. The summed E-state index contributed by atoms with van der Waals surface area (Å²) in [5.41, 5.74) is 5.66. The van der Waals surface area contributed by atoms with Crippen molar-refractivity contribution in [1.29, 1.82) is 0 Å². The molecule has 1 aliphatic carbocycles. The second-order valence-electron chi connectivity index (χ2n) is 5.15. The second-order valence-corrected chi connectivity index (χ2v) is 7.49. The number of nitrogens with two attached hydrogens (primary N) is 1. The molecule has 0 bridgehead atoms. The molecule has 0 aliphatic heterocycles. The van der Waals surface area contributed by atoms with E-state index in [9.17, 15) is 13.2 Å². The number of rotatable bonds is 5. The highest BCUT2D eigenvalue weighted by Gasteiger charge is 2.37. The smallest absolute Gasteiger partial charge is 0.306 e. The van der Waals surface area contributed by atoms with E-state index in [2.05, 4.69) is 11.7 Å². The Morgan fingerprint density at radius 3 is 2.61 bits per heavy atom. The Morgan fingerprint density at radius 1 is 1.39 bits per heavy atom. The van der Waals surface area contributed by atoms with Crippen LogP contribution in [0.1, 0.15) is 32.6 Å². The minimum atomic E-state index is -3.26. The molecule has 0 heterocycles. The lowest BCUT2D eigenvalue weighted by atomic mass is 9.82. The van der Waals surface area contributed by atoms with Crippen LogP contribution in [0.2, 0.25) is 0 Å². The van der Waals surface area contributed by atoms with Crippen molar-refractivity contribution in [3.8, 4) is 0 Å². The Kier molecular flexibility index (Phi) is 5.59. The van der Waals surface area contributed by atoms with Gasteiger partial charge in [0.25, 0.3) is 0 Å². The predicted octanol–water partition coefficient (Wildman–Crippen LogP) is 0.728. The molecule has 0 aromatic heterocycles. The summed E-state index contributed by atoms with van der Waals surface area (Å²) in [6, 6.07) is 0. The van der Waals surface area contributed by atoms with Crippen LogP contribution in [0.4, 0.5) is 0 Å². The van der Waals surface area contributed by atoms with Crippen LogP contribution < -0.4 is 5.73 Å². The van der Waals surface area contributed by atoms with Crippen LogP contribution in [0.25, 0.3) is 0 Å². The van der Waals surface area contributed by atoms with Crippen LogP contribution in [0.3, 0.4) is 0 Å². The molecule has 3 atom stereocenters. The molecule has 0 radical (unpaired) electrons. The van der Waals surface area contributed by atoms with Crippen LogP contribution >= 0.6 is 0 Å². The first-order valence-corrected chi connectivity index (χ1v) is 8.10. The van der Waals surface area contributed by atoms with Gasteiger partial charge in [-0.05, 0) is 31.2 Å². The fourth-order valence-electron chi connectivity index (χ4n) is 2.58. The zero-order chi connectivity index (χ0) is 13.8. The summed E-state index contributed by atoms with van der Waals surface area (Å²) in [4.78, 5) is 11.0. The van der Waals surface area contributed by atoms with Crippen molar-refractivity contribution in [1.82, 2.24) is 0 Å². The molecule has 18 heavy (non-hydrogen) atoms. The number of methoxy groups -OCH3 is 1. The van der Waals surface area contributed by atoms with Gasteiger partial charge in [-0.3, -0.25) is 4.79 Å². The highest BCUT2D eigenvalue weighted by atomic mass is 32.2. The molecular formula is C12H23NO4S. The Bertz CT molecular complexity index is 380. The van der Waals surface area contributed by atoms with E-state index >= 15 is 0 Å². The zero-order valence-electron chi connectivity index (χ0n) is 11.1. The fourth-order valence-corrected chi connectivity index (χ4v) is 4.79. The number of hydrogen-bond acceptors (Lipinski definition) is 5. The topological polar surface area (TPSA) is 86.5 Å². The number of ether oxygens (including phenoxy) is 1. The molecule has 0 aromatic rings. The van der Waals surface area contributed by atoms with Gasteiger partial charge in [0.1, 0.15) is 0 Å². The van der Waals surface area contributed by atoms with Crippen molar-refractivity contribution < 1.29 is 17.9 Å². The average molecular weight is 277 g/mol. The fraction of sp³-hybridized carbons (Fsp3) is 0.917. The summed E-state index contributed by atoms with van der Waals surface area (Å²) in [5, 5.41) is -0.393. The van der Waals surface area contributed by atoms with Crippen LogP contribution in [0.15, 0.2) is 0 Å². The Morgan fingerprint density at radius 2 is 2.06 bits per heavy atom. The standard InChI is InChI=1S/C12H23NO4S/c1-9-3-4-10(8-13)11(7-9)18(15,16)6-5-12(14)17-2/h9-11H,3-8,13H2,1-2H3. The van der Waals surface area contributed by atoms with Gasteiger partial charge >= 0.3 is 5.97 Å². The quantitative estimate of drug-likeness (QED) is 0.749. The number of carbonyl (C=O) groups excluding carboxylic acids is 1.